The molecule has 2 amide bonds. The highest BCUT2D eigenvalue weighted by atomic mass is 35.5. The highest BCUT2D eigenvalue weighted by molar-refractivity contribution is 6.42. The summed E-state index contributed by atoms with van der Waals surface area (Å²) in [4.78, 5) is 42.0. The number of imide groups is 1. The zero-order valence-electron chi connectivity index (χ0n) is 26.2. The number of amides is 2. The molecule has 0 bridgehead atoms. The van der Waals surface area contributed by atoms with Crippen LogP contribution >= 0.6 is 11.6 Å². The lowest BCUT2D eigenvalue weighted by Gasteiger charge is -2.32. The number of rotatable bonds is 5. The fourth-order valence-corrected chi connectivity index (χ4v) is 7.75. The van der Waals surface area contributed by atoms with Crippen LogP contribution in [0.15, 0.2) is 91.0 Å². The first-order valence-corrected chi connectivity index (χ1v) is 16.1. The van der Waals surface area contributed by atoms with Crippen molar-refractivity contribution in [2.24, 2.45) is 0 Å². The van der Waals surface area contributed by atoms with Crippen molar-refractivity contribution in [3.63, 3.8) is 0 Å². The number of nitrogens with zero attached hydrogens (tertiary/aromatic N) is 2. The van der Waals surface area contributed by atoms with Gasteiger partial charge in [-0.2, -0.15) is 0 Å². The number of carbonyl (C=O) groups is 2. The first-order chi connectivity index (χ1) is 22.6. The van der Waals surface area contributed by atoms with Crippen molar-refractivity contribution in [3.8, 4) is 11.1 Å². The molecule has 0 fully saturated rings. The molecule has 0 saturated carbocycles. The highest BCUT2D eigenvalue weighted by Crippen LogP contribution is 2.48. The van der Waals surface area contributed by atoms with E-state index in [9.17, 15) is 19.7 Å². The molecule has 7 aromatic rings. The number of para-hydroxylation sites is 1. The van der Waals surface area contributed by atoms with E-state index >= 15 is 0 Å². The Morgan fingerprint density at radius 3 is 1.66 bits per heavy atom. The molecule has 47 heavy (non-hydrogen) atoms. The van der Waals surface area contributed by atoms with Crippen LogP contribution in [-0.4, -0.2) is 16.7 Å². The summed E-state index contributed by atoms with van der Waals surface area (Å²) in [6.07, 6.45) is 0. The smallest absolute Gasteiger partial charge is 0.268 e. The van der Waals surface area contributed by atoms with E-state index in [4.69, 9.17) is 11.6 Å². The van der Waals surface area contributed by atoms with Crippen LogP contribution in [0, 0.1) is 10.1 Å². The van der Waals surface area contributed by atoms with E-state index in [1.807, 2.05) is 72.8 Å². The number of fused-ring (bicyclic) bond motifs is 2. The molecule has 0 unspecified atom stereocenters. The fraction of sp³-hybridized carbons (Fsp3) is 0.150. The molecule has 8 rings (SSSR count). The van der Waals surface area contributed by atoms with Gasteiger partial charge in [-0.05, 0) is 90.5 Å². The number of nitro groups is 1. The van der Waals surface area contributed by atoms with Crippen LogP contribution in [0.3, 0.4) is 0 Å². The van der Waals surface area contributed by atoms with Gasteiger partial charge in [0.15, 0.2) is 0 Å². The minimum absolute atomic E-state index is 0.0609. The SMILES string of the molecule is CC(C)c1cccc(C(C)C)c1N1C(=O)c2ccc3c4cccc5c(-c6ccc(Cl)cc6[N+](=O)[O-])ccc(c6ccc(c2c36)C1=O)c54. The van der Waals surface area contributed by atoms with E-state index in [2.05, 4.69) is 27.7 Å². The minimum atomic E-state index is -0.408. The van der Waals surface area contributed by atoms with Crippen molar-refractivity contribution < 1.29 is 14.5 Å². The van der Waals surface area contributed by atoms with Crippen molar-refractivity contribution in [1.29, 1.82) is 0 Å². The van der Waals surface area contributed by atoms with Crippen LogP contribution in [0.5, 0.6) is 0 Å². The zero-order chi connectivity index (χ0) is 32.9. The molecule has 0 atom stereocenters. The average Bonchev–Trinajstić information content (AvgIpc) is 3.06. The first-order valence-electron chi connectivity index (χ1n) is 15.7. The molecule has 0 radical (unpaired) electrons. The molecule has 0 aromatic heterocycles. The molecule has 1 aliphatic rings. The summed E-state index contributed by atoms with van der Waals surface area (Å²) in [5.74, 6) is -0.430. The molecule has 0 spiro atoms. The van der Waals surface area contributed by atoms with Crippen LogP contribution in [0.2, 0.25) is 5.02 Å². The number of hydrogen-bond donors (Lipinski definition) is 0. The molecular weight excluding hydrogens is 608 g/mol. The third-order valence-electron chi connectivity index (χ3n) is 9.66. The molecule has 6 nitrogen and oxygen atoms in total. The van der Waals surface area contributed by atoms with Gasteiger partial charge in [-0.25, -0.2) is 4.90 Å². The standard InChI is InChI=1S/C40H29ClN2O4/c1-20(2)23-7-5-8-24(21(3)4)38(23)42-39(44)32-17-15-30-28-10-6-9-27-25(26-12-11-22(41)19-34(26)43(46)47)13-14-29(35(27)28)31-16-18-33(40(42)45)37(32)36(30)31/h5-21H,1-4H3. The molecule has 1 aliphatic heterocycles. The predicted octanol–water partition coefficient (Wildman–Crippen LogP) is 11.0. The summed E-state index contributed by atoms with van der Waals surface area (Å²) in [6, 6.07) is 28.2. The van der Waals surface area contributed by atoms with E-state index in [0.717, 1.165) is 54.4 Å². The number of benzene rings is 7. The van der Waals surface area contributed by atoms with E-state index in [1.165, 1.54) is 11.0 Å². The third kappa shape index (κ3) is 4.04. The summed E-state index contributed by atoms with van der Waals surface area (Å²) in [5, 5.41) is 19.4. The van der Waals surface area contributed by atoms with Gasteiger partial charge < -0.3 is 0 Å². The topological polar surface area (TPSA) is 80.5 Å². The molecule has 0 aliphatic carbocycles. The first kappa shape index (κ1) is 29.1. The maximum Gasteiger partial charge on any atom is 0.278 e. The van der Waals surface area contributed by atoms with Gasteiger partial charge >= 0.3 is 0 Å². The van der Waals surface area contributed by atoms with Crippen molar-refractivity contribution in [2.75, 3.05) is 4.90 Å². The van der Waals surface area contributed by atoms with Crippen LogP contribution in [0.1, 0.15) is 71.4 Å². The monoisotopic (exact) mass is 636 g/mol. The van der Waals surface area contributed by atoms with Gasteiger partial charge in [0.2, 0.25) is 0 Å². The lowest BCUT2D eigenvalue weighted by molar-refractivity contribution is -0.384. The summed E-state index contributed by atoms with van der Waals surface area (Å²) < 4.78 is 0. The second kappa shape index (κ2) is 10.3. The Morgan fingerprint density at radius 1 is 0.596 bits per heavy atom. The van der Waals surface area contributed by atoms with Crippen molar-refractivity contribution in [3.05, 3.63) is 128 Å². The Kier molecular flexibility index (Phi) is 6.40. The van der Waals surface area contributed by atoms with Gasteiger partial charge in [0.25, 0.3) is 17.5 Å². The number of nitro benzene ring substituents is 1. The minimum Gasteiger partial charge on any atom is -0.268 e. The molecule has 1 heterocycles. The number of hydrogen-bond acceptors (Lipinski definition) is 4. The Morgan fingerprint density at radius 2 is 1.09 bits per heavy atom. The summed E-state index contributed by atoms with van der Waals surface area (Å²) in [5.41, 5.74) is 4.76. The second-order valence-electron chi connectivity index (χ2n) is 12.9. The Balaban J connectivity index is 1.42. The zero-order valence-corrected chi connectivity index (χ0v) is 27.0. The van der Waals surface area contributed by atoms with E-state index < -0.39 is 4.92 Å². The Bertz CT molecular complexity index is 2420. The van der Waals surface area contributed by atoms with Gasteiger partial charge in [-0.3, -0.25) is 19.7 Å². The largest absolute Gasteiger partial charge is 0.278 e. The van der Waals surface area contributed by atoms with Gasteiger partial charge in [0.1, 0.15) is 0 Å². The number of halogens is 1. The van der Waals surface area contributed by atoms with Crippen LogP contribution in [0.4, 0.5) is 11.4 Å². The Hall–Kier alpha value is -5.33. The maximum absolute atomic E-state index is 14.5. The fourth-order valence-electron chi connectivity index (χ4n) is 7.58. The third-order valence-corrected chi connectivity index (χ3v) is 9.90. The molecule has 7 aromatic carbocycles. The van der Waals surface area contributed by atoms with E-state index in [0.29, 0.717) is 32.8 Å². The molecule has 0 N–H and O–H groups in total. The molecular formula is C40H29ClN2O4. The Labute approximate surface area is 275 Å². The van der Waals surface area contributed by atoms with Gasteiger partial charge in [0.05, 0.1) is 16.2 Å². The normalized spacial score (nSPS) is 13.4. The number of anilines is 1. The van der Waals surface area contributed by atoms with Gasteiger partial charge in [0, 0.05) is 27.6 Å². The maximum atomic E-state index is 14.5. The number of carbonyl (C=O) groups excluding carboxylic acids is 2. The quantitative estimate of drug-likeness (QED) is 0.0619. The van der Waals surface area contributed by atoms with E-state index in [-0.39, 0.29) is 29.3 Å². The van der Waals surface area contributed by atoms with Crippen LogP contribution in [-0.2, 0) is 0 Å². The molecule has 0 saturated heterocycles. The summed E-state index contributed by atoms with van der Waals surface area (Å²) in [7, 11) is 0. The van der Waals surface area contributed by atoms with E-state index in [1.54, 1.807) is 12.1 Å². The van der Waals surface area contributed by atoms with Crippen LogP contribution in [0.25, 0.3) is 54.2 Å². The van der Waals surface area contributed by atoms with Crippen molar-refractivity contribution in [1.82, 2.24) is 0 Å². The summed E-state index contributed by atoms with van der Waals surface area (Å²) >= 11 is 6.14. The highest BCUT2D eigenvalue weighted by Gasteiger charge is 2.38. The van der Waals surface area contributed by atoms with Gasteiger partial charge in [-0.15, -0.1) is 0 Å². The lowest BCUT2D eigenvalue weighted by atomic mass is 9.83. The summed E-state index contributed by atoms with van der Waals surface area (Å²) in [6.45, 7) is 8.32. The predicted molar refractivity (Wildman–Crippen MR) is 191 cm³/mol. The average molecular weight is 637 g/mol. The molecule has 230 valence electrons. The molecule has 7 heteroatoms. The second-order valence-corrected chi connectivity index (χ2v) is 13.4. The van der Waals surface area contributed by atoms with Gasteiger partial charge in [-0.1, -0.05) is 100.0 Å². The van der Waals surface area contributed by atoms with Crippen LogP contribution < -0.4 is 4.90 Å². The van der Waals surface area contributed by atoms with Crippen molar-refractivity contribution in [2.45, 2.75) is 39.5 Å². The lowest BCUT2D eigenvalue weighted by Crippen LogP contribution is -2.41. The van der Waals surface area contributed by atoms with Crippen molar-refractivity contribution >= 4 is 77.9 Å².